The molecule has 0 radical (unpaired) electrons. The molecule has 0 heterocycles. The van der Waals surface area contributed by atoms with Crippen LogP contribution in [0.5, 0.6) is 0 Å². The van der Waals surface area contributed by atoms with Gasteiger partial charge in [0.15, 0.2) is 0 Å². The molecule has 2 amide bonds. The SMILES string of the molecule is CC(=O)N(CC(=O)Nc1ccc(Cl)c(C(F)(F)F)c1)c1cccc(C)c1C. The van der Waals surface area contributed by atoms with E-state index >= 15 is 0 Å². The van der Waals surface area contributed by atoms with Crippen LogP contribution < -0.4 is 10.2 Å². The predicted octanol–water partition coefficient (Wildman–Crippen LogP) is 4.97. The number of nitrogens with one attached hydrogen (secondary N) is 1. The lowest BCUT2D eigenvalue weighted by atomic mass is 10.1. The van der Waals surface area contributed by atoms with Gasteiger partial charge in [-0.05, 0) is 49.2 Å². The molecule has 0 fully saturated rings. The first-order chi connectivity index (χ1) is 12.5. The van der Waals surface area contributed by atoms with E-state index in [9.17, 15) is 22.8 Å². The van der Waals surface area contributed by atoms with E-state index in [1.807, 2.05) is 19.9 Å². The molecule has 2 aromatic carbocycles. The Labute approximate surface area is 159 Å². The lowest BCUT2D eigenvalue weighted by Crippen LogP contribution is -2.37. The van der Waals surface area contributed by atoms with Crippen molar-refractivity contribution in [2.75, 3.05) is 16.8 Å². The summed E-state index contributed by atoms with van der Waals surface area (Å²) < 4.78 is 38.8. The summed E-state index contributed by atoms with van der Waals surface area (Å²) in [4.78, 5) is 25.6. The third-order valence-electron chi connectivity index (χ3n) is 4.10. The Morgan fingerprint density at radius 3 is 2.41 bits per heavy atom. The van der Waals surface area contributed by atoms with Crippen LogP contribution in [-0.2, 0) is 15.8 Å². The number of carbonyl (C=O) groups excluding carboxylic acids is 2. The molecular formula is C19H18ClF3N2O2. The minimum atomic E-state index is -4.64. The zero-order chi connectivity index (χ0) is 20.4. The fraction of sp³-hybridized carbons (Fsp3) is 0.263. The number of nitrogens with zero attached hydrogens (tertiary/aromatic N) is 1. The average Bonchev–Trinajstić information content (AvgIpc) is 2.56. The predicted molar refractivity (Wildman–Crippen MR) is 99.0 cm³/mol. The summed E-state index contributed by atoms with van der Waals surface area (Å²) in [7, 11) is 0. The summed E-state index contributed by atoms with van der Waals surface area (Å²) in [6.45, 7) is 4.69. The second-order valence-corrected chi connectivity index (χ2v) is 6.47. The summed E-state index contributed by atoms with van der Waals surface area (Å²) in [5.74, 6) is -0.979. The van der Waals surface area contributed by atoms with Crippen molar-refractivity contribution >= 4 is 34.8 Å². The molecule has 27 heavy (non-hydrogen) atoms. The van der Waals surface area contributed by atoms with Crippen LogP contribution in [0.15, 0.2) is 36.4 Å². The maximum absolute atomic E-state index is 12.9. The molecule has 0 bridgehead atoms. The number of anilines is 2. The Balaban J connectivity index is 2.23. The van der Waals surface area contributed by atoms with Crippen molar-refractivity contribution in [2.45, 2.75) is 26.9 Å². The van der Waals surface area contributed by atoms with Crippen LogP contribution in [0.2, 0.25) is 5.02 Å². The Bertz CT molecular complexity index is 882. The number of halogens is 4. The van der Waals surface area contributed by atoms with E-state index in [-0.39, 0.29) is 18.1 Å². The van der Waals surface area contributed by atoms with Crippen molar-refractivity contribution in [3.8, 4) is 0 Å². The van der Waals surface area contributed by atoms with Gasteiger partial charge in [0.05, 0.1) is 10.6 Å². The molecule has 0 atom stereocenters. The first-order valence-electron chi connectivity index (χ1n) is 8.01. The number of hydrogen-bond donors (Lipinski definition) is 1. The van der Waals surface area contributed by atoms with Crippen LogP contribution in [0.1, 0.15) is 23.6 Å². The monoisotopic (exact) mass is 398 g/mol. The summed E-state index contributed by atoms with van der Waals surface area (Å²) in [6, 6.07) is 8.44. The second kappa shape index (κ2) is 8.00. The summed E-state index contributed by atoms with van der Waals surface area (Å²) in [6.07, 6.45) is -4.64. The molecule has 144 valence electrons. The van der Waals surface area contributed by atoms with Crippen LogP contribution in [-0.4, -0.2) is 18.4 Å². The van der Waals surface area contributed by atoms with Gasteiger partial charge in [0.1, 0.15) is 6.54 Å². The van der Waals surface area contributed by atoms with Gasteiger partial charge in [-0.2, -0.15) is 13.2 Å². The van der Waals surface area contributed by atoms with Crippen LogP contribution in [0.25, 0.3) is 0 Å². The zero-order valence-electron chi connectivity index (χ0n) is 14.9. The van der Waals surface area contributed by atoms with Gasteiger partial charge in [0, 0.05) is 18.3 Å². The highest BCUT2D eigenvalue weighted by Crippen LogP contribution is 2.36. The lowest BCUT2D eigenvalue weighted by molar-refractivity contribution is -0.137. The Morgan fingerprint density at radius 1 is 1.15 bits per heavy atom. The van der Waals surface area contributed by atoms with Gasteiger partial charge in [0.2, 0.25) is 11.8 Å². The molecule has 0 spiro atoms. The molecule has 2 aromatic rings. The summed E-state index contributed by atoms with van der Waals surface area (Å²) in [5, 5.41) is 1.92. The third-order valence-corrected chi connectivity index (χ3v) is 4.43. The topological polar surface area (TPSA) is 49.4 Å². The first-order valence-corrected chi connectivity index (χ1v) is 8.39. The largest absolute Gasteiger partial charge is 0.417 e. The molecule has 1 N–H and O–H groups in total. The number of rotatable bonds is 4. The van der Waals surface area contributed by atoms with E-state index in [2.05, 4.69) is 5.32 Å². The maximum Gasteiger partial charge on any atom is 0.417 e. The number of aryl methyl sites for hydroxylation is 1. The van der Waals surface area contributed by atoms with E-state index < -0.39 is 22.7 Å². The van der Waals surface area contributed by atoms with Gasteiger partial charge in [-0.3, -0.25) is 9.59 Å². The van der Waals surface area contributed by atoms with Crippen molar-refractivity contribution in [2.24, 2.45) is 0 Å². The fourth-order valence-corrected chi connectivity index (χ4v) is 2.78. The van der Waals surface area contributed by atoms with E-state index in [4.69, 9.17) is 11.6 Å². The van der Waals surface area contributed by atoms with Crippen LogP contribution in [0, 0.1) is 13.8 Å². The van der Waals surface area contributed by atoms with E-state index in [0.29, 0.717) is 5.69 Å². The highest BCUT2D eigenvalue weighted by molar-refractivity contribution is 6.31. The average molecular weight is 399 g/mol. The van der Waals surface area contributed by atoms with Gasteiger partial charge < -0.3 is 10.2 Å². The molecular weight excluding hydrogens is 381 g/mol. The van der Waals surface area contributed by atoms with E-state index in [0.717, 1.165) is 23.3 Å². The van der Waals surface area contributed by atoms with Crippen LogP contribution >= 0.6 is 11.6 Å². The second-order valence-electron chi connectivity index (χ2n) is 6.06. The number of benzene rings is 2. The van der Waals surface area contributed by atoms with Gasteiger partial charge in [0.25, 0.3) is 0 Å². The highest BCUT2D eigenvalue weighted by Gasteiger charge is 2.33. The number of alkyl halides is 3. The molecule has 8 heteroatoms. The Kier molecular flexibility index (Phi) is 6.15. The fourth-order valence-electron chi connectivity index (χ4n) is 2.56. The molecule has 0 unspecified atom stereocenters. The molecule has 0 aromatic heterocycles. The van der Waals surface area contributed by atoms with Gasteiger partial charge in [-0.25, -0.2) is 0 Å². The minimum Gasteiger partial charge on any atom is -0.325 e. The maximum atomic E-state index is 12.9. The van der Waals surface area contributed by atoms with Crippen molar-refractivity contribution in [1.29, 1.82) is 0 Å². The standard InChI is InChI=1S/C19H18ClF3N2O2/c1-11-5-4-6-17(12(11)2)25(13(3)26)10-18(27)24-14-7-8-16(20)15(9-14)19(21,22)23/h4-9H,10H2,1-3H3,(H,24,27). The zero-order valence-corrected chi connectivity index (χ0v) is 15.7. The Morgan fingerprint density at radius 2 is 1.81 bits per heavy atom. The minimum absolute atomic E-state index is 0.0545. The van der Waals surface area contributed by atoms with Gasteiger partial charge in [-0.15, -0.1) is 0 Å². The molecule has 0 aliphatic carbocycles. The van der Waals surface area contributed by atoms with Crippen molar-refractivity contribution in [3.05, 3.63) is 58.1 Å². The van der Waals surface area contributed by atoms with Crippen molar-refractivity contribution < 1.29 is 22.8 Å². The molecule has 0 saturated carbocycles. The number of hydrogen-bond acceptors (Lipinski definition) is 2. The quantitative estimate of drug-likeness (QED) is 0.790. The summed E-state index contributed by atoms with van der Waals surface area (Å²) >= 11 is 5.57. The van der Waals surface area contributed by atoms with Crippen molar-refractivity contribution in [3.63, 3.8) is 0 Å². The molecule has 0 aliphatic heterocycles. The number of amides is 2. The van der Waals surface area contributed by atoms with E-state index in [1.54, 1.807) is 12.1 Å². The van der Waals surface area contributed by atoms with Crippen molar-refractivity contribution in [1.82, 2.24) is 0 Å². The van der Waals surface area contributed by atoms with Gasteiger partial charge in [-0.1, -0.05) is 23.7 Å². The lowest BCUT2D eigenvalue weighted by Gasteiger charge is -2.23. The first kappa shape index (κ1) is 20.8. The van der Waals surface area contributed by atoms with E-state index in [1.165, 1.54) is 17.9 Å². The van der Waals surface area contributed by atoms with Gasteiger partial charge >= 0.3 is 6.18 Å². The Hall–Kier alpha value is -2.54. The smallest absolute Gasteiger partial charge is 0.325 e. The molecule has 0 aliphatic rings. The summed E-state index contributed by atoms with van der Waals surface area (Å²) in [5.41, 5.74) is 1.27. The normalized spacial score (nSPS) is 11.2. The molecule has 0 saturated heterocycles. The van der Waals surface area contributed by atoms with Crippen LogP contribution in [0.3, 0.4) is 0 Å². The molecule has 4 nitrogen and oxygen atoms in total. The van der Waals surface area contributed by atoms with Crippen LogP contribution in [0.4, 0.5) is 24.5 Å². The highest BCUT2D eigenvalue weighted by atomic mass is 35.5. The number of carbonyl (C=O) groups is 2. The third kappa shape index (κ3) is 5.01. The molecule has 2 rings (SSSR count).